The Morgan fingerprint density at radius 1 is 1.50 bits per heavy atom. The van der Waals surface area contributed by atoms with Crippen molar-refractivity contribution >= 4 is 11.6 Å². The van der Waals surface area contributed by atoms with Gasteiger partial charge in [-0.2, -0.15) is 13.2 Å². The predicted molar refractivity (Wildman–Crippen MR) is 54.6 cm³/mol. The largest absolute Gasteiger partial charge is 0.389 e. The second kappa shape index (κ2) is 5.47. The highest BCUT2D eigenvalue weighted by molar-refractivity contribution is 6.31. The maximum atomic E-state index is 12.1. The van der Waals surface area contributed by atoms with Crippen LogP contribution in [0.15, 0.2) is 18.5 Å². The smallest absolute Gasteiger partial charge is 0.271 e. The summed E-state index contributed by atoms with van der Waals surface area (Å²) >= 11 is 5.81. The van der Waals surface area contributed by atoms with E-state index in [-0.39, 0.29) is 6.42 Å². The lowest BCUT2D eigenvalue weighted by atomic mass is 10.0. The van der Waals surface area contributed by atoms with Crippen LogP contribution in [0, 0.1) is 0 Å². The van der Waals surface area contributed by atoms with E-state index in [4.69, 9.17) is 17.4 Å². The Morgan fingerprint density at radius 2 is 2.19 bits per heavy atom. The molecule has 16 heavy (non-hydrogen) atoms. The van der Waals surface area contributed by atoms with Crippen molar-refractivity contribution in [3.8, 4) is 0 Å². The SMILES string of the molecule is NNC(CCC(F)(F)F)c1ccncc1Cl. The number of hydrogen-bond donors (Lipinski definition) is 2. The first-order valence-corrected chi connectivity index (χ1v) is 4.94. The summed E-state index contributed by atoms with van der Waals surface area (Å²) in [7, 11) is 0. The summed E-state index contributed by atoms with van der Waals surface area (Å²) in [4.78, 5) is 3.75. The molecule has 1 heterocycles. The number of alkyl halides is 3. The summed E-state index contributed by atoms with van der Waals surface area (Å²) in [5.74, 6) is 5.21. The molecule has 0 radical (unpaired) electrons. The van der Waals surface area contributed by atoms with Gasteiger partial charge < -0.3 is 0 Å². The Morgan fingerprint density at radius 3 is 2.69 bits per heavy atom. The van der Waals surface area contributed by atoms with Crippen molar-refractivity contribution in [1.29, 1.82) is 0 Å². The fraction of sp³-hybridized carbons (Fsp3) is 0.444. The second-order valence-corrected chi connectivity index (χ2v) is 3.68. The lowest BCUT2D eigenvalue weighted by molar-refractivity contribution is -0.136. The highest BCUT2D eigenvalue weighted by Crippen LogP contribution is 2.29. The van der Waals surface area contributed by atoms with Gasteiger partial charge in [-0.15, -0.1) is 0 Å². The molecule has 3 nitrogen and oxygen atoms in total. The number of hydrazine groups is 1. The van der Waals surface area contributed by atoms with Crippen LogP contribution in [-0.2, 0) is 0 Å². The molecule has 1 aromatic rings. The number of hydrogen-bond acceptors (Lipinski definition) is 3. The lowest BCUT2D eigenvalue weighted by Crippen LogP contribution is -2.29. The zero-order chi connectivity index (χ0) is 12.2. The number of rotatable bonds is 4. The van der Waals surface area contributed by atoms with E-state index < -0.39 is 18.6 Å². The van der Waals surface area contributed by atoms with Crippen LogP contribution < -0.4 is 11.3 Å². The predicted octanol–water partition coefficient (Wildman–Crippen LogP) is 2.58. The van der Waals surface area contributed by atoms with Gasteiger partial charge in [0.05, 0.1) is 5.02 Å². The Kier molecular flexibility index (Phi) is 4.52. The molecule has 1 unspecified atom stereocenters. The molecule has 0 saturated heterocycles. The van der Waals surface area contributed by atoms with E-state index >= 15 is 0 Å². The number of nitrogens with zero attached hydrogens (tertiary/aromatic N) is 1. The van der Waals surface area contributed by atoms with Gasteiger partial charge >= 0.3 is 6.18 Å². The third-order valence-corrected chi connectivity index (χ3v) is 2.41. The van der Waals surface area contributed by atoms with Gasteiger partial charge in [-0.1, -0.05) is 11.6 Å². The standard InChI is InChI=1S/C9H11ClF3N3/c10-7-5-15-4-2-6(7)8(16-14)1-3-9(11,12)13/h2,4-5,8,16H,1,3,14H2. The van der Waals surface area contributed by atoms with Gasteiger partial charge in [0.1, 0.15) is 0 Å². The summed E-state index contributed by atoms with van der Waals surface area (Å²) < 4.78 is 36.2. The molecule has 1 aromatic heterocycles. The van der Waals surface area contributed by atoms with E-state index in [1.165, 1.54) is 12.4 Å². The molecule has 1 atom stereocenters. The van der Waals surface area contributed by atoms with Crippen molar-refractivity contribution in [2.75, 3.05) is 0 Å². The fourth-order valence-electron chi connectivity index (χ4n) is 1.31. The van der Waals surface area contributed by atoms with Crippen LogP contribution in [0.3, 0.4) is 0 Å². The average molecular weight is 254 g/mol. The monoisotopic (exact) mass is 253 g/mol. The number of nitrogens with one attached hydrogen (secondary N) is 1. The first kappa shape index (κ1) is 13.2. The van der Waals surface area contributed by atoms with Gasteiger partial charge in [-0.05, 0) is 18.1 Å². The summed E-state index contributed by atoms with van der Waals surface area (Å²) in [5, 5.41) is 0.299. The summed E-state index contributed by atoms with van der Waals surface area (Å²) in [6.45, 7) is 0. The molecular weight excluding hydrogens is 243 g/mol. The molecule has 0 bridgehead atoms. The van der Waals surface area contributed by atoms with E-state index in [1.54, 1.807) is 6.07 Å². The topological polar surface area (TPSA) is 50.9 Å². The molecule has 0 aromatic carbocycles. The van der Waals surface area contributed by atoms with E-state index in [9.17, 15) is 13.2 Å². The van der Waals surface area contributed by atoms with Crippen molar-refractivity contribution in [2.24, 2.45) is 5.84 Å². The highest BCUT2D eigenvalue weighted by atomic mass is 35.5. The Labute approximate surface area is 95.8 Å². The van der Waals surface area contributed by atoms with Crippen LogP contribution in [0.25, 0.3) is 0 Å². The summed E-state index contributed by atoms with van der Waals surface area (Å²) in [5.41, 5.74) is 2.84. The van der Waals surface area contributed by atoms with Crippen molar-refractivity contribution in [3.05, 3.63) is 29.0 Å². The third kappa shape index (κ3) is 3.96. The van der Waals surface area contributed by atoms with Crippen LogP contribution in [0.4, 0.5) is 13.2 Å². The molecule has 1 rings (SSSR count). The van der Waals surface area contributed by atoms with Crippen LogP contribution in [0.2, 0.25) is 5.02 Å². The molecule has 3 N–H and O–H groups in total. The van der Waals surface area contributed by atoms with E-state index in [0.717, 1.165) is 0 Å². The van der Waals surface area contributed by atoms with Crippen molar-refractivity contribution in [1.82, 2.24) is 10.4 Å². The molecule has 0 amide bonds. The van der Waals surface area contributed by atoms with Crippen molar-refractivity contribution in [2.45, 2.75) is 25.1 Å². The molecule has 90 valence electrons. The van der Waals surface area contributed by atoms with Crippen molar-refractivity contribution in [3.63, 3.8) is 0 Å². The quantitative estimate of drug-likeness (QED) is 0.641. The van der Waals surface area contributed by atoms with Gasteiger partial charge in [0.15, 0.2) is 0 Å². The highest BCUT2D eigenvalue weighted by Gasteiger charge is 2.28. The Bertz CT molecular complexity index is 343. The van der Waals surface area contributed by atoms with Gasteiger partial charge in [0.25, 0.3) is 0 Å². The number of nitrogens with two attached hydrogens (primary N) is 1. The average Bonchev–Trinajstić information content (AvgIpc) is 2.20. The zero-order valence-corrected chi connectivity index (χ0v) is 9.02. The minimum Gasteiger partial charge on any atom is -0.271 e. The summed E-state index contributed by atoms with van der Waals surface area (Å²) in [6, 6.07) is 0.917. The normalized spacial score (nSPS) is 13.8. The molecule has 0 aliphatic heterocycles. The number of halogens is 4. The van der Waals surface area contributed by atoms with Crippen LogP contribution in [0.1, 0.15) is 24.4 Å². The molecule has 0 saturated carbocycles. The summed E-state index contributed by atoms with van der Waals surface area (Å²) in [6.07, 6.45) is -2.45. The van der Waals surface area contributed by atoms with Crippen molar-refractivity contribution < 1.29 is 13.2 Å². The maximum Gasteiger partial charge on any atom is 0.389 e. The molecule has 0 aliphatic carbocycles. The molecule has 7 heteroatoms. The van der Waals surface area contributed by atoms with Gasteiger partial charge in [-0.3, -0.25) is 16.3 Å². The van der Waals surface area contributed by atoms with E-state index in [2.05, 4.69) is 10.4 Å². The molecule has 0 aliphatic rings. The second-order valence-electron chi connectivity index (χ2n) is 3.27. The van der Waals surface area contributed by atoms with Crippen LogP contribution in [-0.4, -0.2) is 11.2 Å². The van der Waals surface area contributed by atoms with Gasteiger partial charge in [0.2, 0.25) is 0 Å². The van der Waals surface area contributed by atoms with Gasteiger partial charge in [-0.25, -0.2) is 0 Å². The number of pyridine rings is 1. The maximum absolute atomic E-state index is 12.1. The van der Waals surface area contributed by atoms with E-state index in [1.807, 2.05) is 0 Å². The Balaban J connectivity index is 2.72. The third-order valence-electron chi connectivity index (χ3n) is 2.10. The minimum absolute atomic E-state index is 0.163. The Hall–Kier alpha value is -0.850. The van der Waals surface area contributed by atoms with Crippen LogP contribution >= 0.6 is 11.6 Å². The molecule has 0 fully saturated rings. The molecular formula is C9H11ClF3N3. The first-order chi connectivity index (χ1) is 7.44. The van der Waals surface area contributed by atoms with E-state index in [0.29, 0.717) is 10.6 Å². The molecule has 0 spiro atoms. The number of aromatic nitrogens is 1. The lowest BCUT2D eigenvalue weighted by Gasteiger charge is -2.18. The van der Waals surface area contributed by atoms with Gasteiger partial charge in [0, 0.05) is 24.9 Å². The zero-order valence-electron chi connectivity index (χ0n) is 8.26. The fourth-order valence-corrected chi connectivity index (χ4v) is 1.56. The minimum atomic E-state index is -4.20. The van der Waals surface area contributed by atoms with Crippen LogP contribution in [0.5, 0.6) is 0 Å². The first-order valence-electron chi connectivity index (χ1n) is 4.56.